The molecule has 88 valence electrons. The van der Waals surface area contributed by atoms with Crippen LogP contribution in [-0.2, 0) is 4.79 Å². The van der Waals surface area contributed by atoms with Crippen molar-refractivity contribution < 1.29 is 4.79 Å². The fourth-order valence-electron chi connectivity index (χ4n) is 1.79. The first-order valence-corrected chi connectivity index (χ1v) is 5.55. The third kappa shape index (κ3) is 2.83. The van der Waals surface area contributed by atoms with Crippen molar-refractivity contribution in [2.45, 2.75) is 39.8 Å². The molecule has 1 aromatic carbocycles. The number of benzene rings is 1. The number of hydrogen-bond acceptors (Lipinski definition) is 2. The van der Waals surface area contributed by atoms with E-state index in [2.05, 4.69) is 31.3 Å². The number of hydrogen-bond donors (Lipinski definition) is 2. The fourth-order valence-corrected chi connectivity index (χ4v) is 1.79. The van der Waals surface area contributed by atoms with Crippen molar-refractivity contribution in [3.63, 3.8) is 0 Å². The van der Waals surface area contributed by atoms with Crippen molar-refractivity contribution in [3.05, 3.63) is 34.9 Å². The van der Waals surface area contributed by atoms with Gasteiger partial charge in [0.15, 0.2) is 0 Å². The summed E-state index contributed by atoms with van der Waals surface area (Å²) in [6, 6.07) is 6.01. The maximum absolute atomic E-state index is 11.0. The van der Waals surface area contributed by atoms with Crippen LogP contribution < -0.4 is 11.1 Å². The molecule has 0 fully saturated rings. The summed E-state index contributed by atoms with van der Waals surface area (Å²) in [6.45, 7) is 8.01. The molecule has 3 heteroatoms. The Morgan fingerprint density at radius 1 is 1.31 bits per heavy atom. The van der Waals surface area contributed by atoms with Crippen LogP contribution in [-0.4, -0.2) is 11.9 Å². The average molecular weight is 220 g/mol. The zero-order chi connectivity index (χ0) is 12.3. The van der Waals surface area contributed by atoms with Crippen molar-refractivity contribution in [1.29, 1.82) is 0 Å². The third-order valence-electron chi connectivity index (χ3n) is 3.04. The highest BCUT2D eigenvalue weighted by atomic mass is 16.1. The Hall–Kier alpha value is -1.35. The molecule has 0 aliphatic heterocycles. The SMILES string of the molecule is Cc1cccc(C(C)NC(C)C(N)=O)c1C. The Kier molecular flexibility index (Phi) is 4.07. The molecule has 0 aliphatic carbocycles. The second kappa shape index (κ2) is 5.12. The maximum atomic E-state index is 11.0. The summed E-state index contributed by atoms with van der Waals surface area (Å²) >= 11 is 0. The van der Waals surface area contributed by atoms with Crippen molar-refractivity contribution in [1.82, 2.24) is 5.32 Å². The van der Waals surface area contributed by atoms with Crippen LogP contribution in [0.25, 0.3) is 0 Å². The van der Waals surface area contributed by atoms with Gasteiger partial charge in [-0.3, -0.25) is 10.1 Å². The Morgan fingerprint density at radius 2 is 1.94 bits per heavy atom. The monoisotopic (exact) mass is 220 g/mol. The van der Waals surface area contributed by atoms with Crippen LogP contribution in [0.15, 0.2) is 18.2 Å². The van der Waals surface area contributed by atoms with Crippen LogP contribution in [0, 0.1) is 13.8 Å². The molecular formula is C13H20N2O. The van der Waals surface area contributed by atoms with Gasteiger partial charge >= 0.3 is 0 Å². The minimum Gasteiger partial charge on any atom is -0.368 e. The number of nitrogens with two attached hydrogens (primary N) is 1. The molecule has 1 rings (SSSR count). The molecular weight excluding hydrogens is 200 g/mol. The molecule has 2 atom stereocenters. The van der Waals surface area contributed by atoms with Gasteiger partial charge in [0.1, 0.15) is 0 Å². The van der Waals surface area contributed by atoms with Gasteiger partial charge in [0, 0.05) is 6.04 Å². The summed E-state index contributed by atoms with van der Waals surface area (Å²) in [5.74, 6) is -0.322. The molecule has 16 heavy (non-hydrogen) atoms. The molecule has 3 nitrogen and oxygen atoms in total. The highest BCUT2D eigenvalue weighted by molar-refractivity contribution is 5.79. The summed E-state index contributed by atoms with van der Waals surface area (Å²) < 4.78 is 0. The van der Waals surface area contributed by atoms with Gasteiger partial charge in [0.25, 0.3) is 0 Å². The molecule has 0 saturated carbocycles. The van der Waals surface area contributed by atoms with E-state index in [1.807, 2.05) is 13.0 Å². The number of rotatable bonds is 4. The van der Waals surface area contributed by atoms with E-state index in [-0.39, 0.29) is 18.0 Å². The number of nitrogens with one attached hydrogen (secondary N) is 1. The van der Waals surface area contributed by atoms with Gasteiger partial charge < -0.3 is 5.73 Å². The first-order chi connectivity index (χ1) is 7.43. The molecule has 2 unspecified atom stereocenters. The van der Waals surface area contributed by atoms with Gasteiger partial charge in [-0.05, 0) is 44.4 Å². The lowest BCUT2D eigenvalue weighted by atomic mass is 9.98. The van der Waals surface area contributed by atoms with Crippen LogP contribution in [0.2, 0.25) is 0 Å². The van der Waals surface area contributed by atoms with Crippen molar-refractivity contribution in [3.8, 4) is 0 Å². The molecule has 0 aliphatic rings. The Bertz CT molecular complexity index is 388. The average Bonchev–Trinajstić information content (AvgIpc) is 2.21. The van der Waals surface area contributed by atoms with Crippen LogP contribution >= 0.6 is 0 Å². The topological polar surface area (TPSA) is 55.1 Å². The van der Waals surface area contributed by atoms with E-state index < -0.39 is 0 Å². The van der Waals surface area contributed by atoms with E-state index in [4.69, 9.17) is 5.73 Å². The standard InChI is InChI=1S/C13H20N2O/c1-8-6-5-7-12(9(8)2)10(3)15-11(4)13(14)16/h5-7,10-11,15H,1-4H3,(H2,14,16). The highest BCUT2D eigenvalue weighted by Crippen LogP contribution is 2.20. The molecule has 1 aromatic rings. The minimum atomic E-state index is -0.322. The van der Waals surface area contributed by atoms with Gasteiger partial charge in [-0.15, -0.1) is 0 Å². The minimum absolute atomic E-state index is 0.127. The molecule has 0 saturated heterocycles. The van der Waals surface area contributed by atoms with Gasteiger partial charge in [-0.1, -0.05) is 18.2 Å². The summed E-state index contributed by atoms with van der Waals surface area (Å²) in [6.07, 6.45) is 0. The van der Waals surface area contributed by atoms with Crippen molar-refractivity contribution in [2.24, 2.45) is 5.73 Å². The van der Waals surface area contributed by atoms with Crippen molar-refractivity contribution >= 4 is 5.91 Å². The lowest BCUT2D eigenvalue weighted by Crippen LogP contribution is -2.40. The van der Waals surface area contributed by atoms with E-state index in [0.29, 0.717) is 0 Å². The lowest BCUT2D eigenvalue weighted by Gasteiger charge is -2.20. The second-order valence-electron chi connectivity index (χ2n) is 4.30. The number of carbonyl (C=O) groups is 1. The quantitative estimate of drug-likeness (QED) is 0.813. The predicted molar refractivity (Wildman–Crippen MR) is 66.1 cm³/mol. The van der Waals surface area contributed by atoms with Gasteiger partial charge in [-0.2, -0.15) is 0 Å². The normalized spacial score (nSPS) is 14.5. The van der Waals surface area contributed by atoms with E-state index in [1.165, 1.54) is 16.7 Å². The van der Waals surface area contributed by atoms with E-state index in [9.17, 15) is 4.79 Å². The zero-order valence-corrected chi connectivity index (χ0v) is 10.4. The third-order valence-corrected chi connectivity index (χ3v) is 3.04. The molecule has 0 bridgehead atoms. The van der Waals surface area contributed by atoms with E-state index >= 15 is 0 Å². The summed E-state index contributed by atoms with van der Waals surface area (Å²) in [4.78, 5) is 11.0. The van der Waals surface area contributed by atoms with Crippen LogP contribution in [0.3, 0.4) is 0 Å². The Balaban J connectivity index is 2.84. The van der Waals surface area contributed by atoms with E-state index in [0.717, 1.165) is 0 Å². The summed E-state index contributed by atoms with van der Waals surface area (Å²) in [7, 11) is 0. The van der Waals surface area contributed by atoms with Crippen LogP contribution in [0.5, 0.6) is 0 Å². The fraction of sp³-hybridized carbons (Fsp3) is 0.462. The zero-order valence-electron chi connectivity index (χ0n) is 10.4. The molecule has 0 aromatic heterocycles. The largest absolute Gasteiger partial charge is 0.368 e. The van der Waals surface area contributed by atoms with Gasteiger partial charge in [0.05, 0.1) is 6.04 Å². The smallest absolute Gasteiger partial charge is 0.234 e. The van der Waals surface area contributed by atoms with Crippen LogP contribution in [0.4, 0.5) is 0 Å². The maximum Gasteiger partial charge on any atom is 0.234 e. The first-order valence-electron chi connectivity index (χ1n) is 5.55. The van der Waals surface area contributed by atoms with E-state index in [1.54, 1.807) is 6.92 Å². The summed E-state index contributed by atoms with van der Waals surface area (Å²) in [5.41, 5.74) is 8.97. The number of carbonyl (C=O) groups excluding carboxylic acids is 1. The molecule has 0 heterocycles. The Labute approximate surface area is 97.0 Å². The predicted octanol–water partition coefficient (Wildman–Crippen LogP) is 1.83. The summed E-state index contributed by atoms with van der Waals surface area (Å²) in [5, 5.41) is 3.19. The number of primary amides is 1. The Morgan fingerprint density at radius 3 is 2.50 bits per heavy atom. The second-order valence-corrected chi connectivity index (χ2v) is 4.30. The molecule has 1 amide bonds. The number of aryl methyl sites for hydroxylation is 1. The first kappa shape index (κ1) is 12.7. The van der Waals surface area contributed by atoms with Crippen molar-refractivity contribution in [2.75, 3.05) is 0 Å². The molecule has 3 N–H and O–H groups in total. The molecule has 0 radical (unpaired) electrons. The van der Waals surface area contributed by atoms with Gasteiger partial charge in [0.2, 0.25) is 5.91 Å². The highest BCUT2D eigenvalue weighted by Gasteiger charge is 2.15. The van der Waals surface area contributed by atoms with Crippen LogP contribution in [0.1, 0.15) is 36.6 Å². The number of amides is 1. The lowest BCUT2D eigenvalue weighted by molar-refractivity contribution is -0.119. The van der Waals surface area contributed by atoms with Gasteiger partial charge in [-0.25, -0.2) is 0 Å². The molecule has 0 spiro atoms.